The monoisotopic (exact) mass is 340 g/mol. The molecule has 1 aliphatic rings. The maximum absolute atomic E-state index is 12.4. The van der Waals surface area contributed by atoms with Gasteiger partial charge in [-0.1, -0.05) is 12.8 Å². The highest BCUT2D eigenvalue weighted by molar-refractivity contribution is 7.89. The number of amides is 1. The number of carbonyl (C=O) groups excluding carboxylic acids is 1. The number of rotatable bonds is 5. The van der Waals surface area contributed by atoms with Crippen molar-refractivity contribution in [3.05, 3.63) is 24.3 Å². The van der Waals surface area contributed by atoms with Crippen molar-refractivity contribution in [2.24, 2.45) is 5.92 Å². The van der Waals surface area contributed by atoms with Crippen LogP contribution < -0.4 is 10.0 Å². The number of nitrogens with one attached hydrogen (secondary N) is 2. The summed E-state index contributed by atoms with van der Waals surface area (Å²) < 4.78 is 27.3. The molecule has 0 aliphatic heterocycles. The van der Waals surface area contributed by atoms with Crippen LogP contribution in [0.25, 0.3) is 0 Å². The fraction of sp³-hybridized carbons (Fsp3) is 0.467. The molecule has 126 valence electrons. The van der Waals surface area contributed by atoms with Crippen molar-refractivity contribution in [1.29, 1.82) is 0 Å². The lowest BCUT2D eigenvalue weighted by Gasteiger charge is -2.29. The van der Waals surface area contributed by atoms with E-state index in [2.05, 4.69) is 10.0 Å². The van der Waals surface area contributed by atoms with E-state index in [0.717, 1.165) is 12.8 Å². The van der Waals surface area contributed by atoms with Gasteiger partial charge < -0.3 is 10.4 Å². The molecule has 0 heterocycles. The summed E-state index contributed by atoms with van der Waals surface area (Å²) in [6, 6.07) is 5.15. The molecule has 8 heteroatoms. The van der Waals surface area contributed by atoms with Crippen molar-refractivity contribution in [1.82, 2.24) is 4.72 Å². The number of hydrogen-bond donors (Lipinski definition) is 3. The molecule has 0 spiro atoms. The van der Waals surface area contributed by atoms with Gasteiger partial charge in [-0.2, -0.15) is 0 Å². The summed E-state index contributed by atoms with van der Waals surface area (Å²) in [5.74, 6) is -1.92. The van der Waals surface area contributed by atoms with Crippen LogP contribution in [0.1, 0.15) is 32.6 Å². The molecule has 3 N–H and O–H groups in total. The Morgan fingerprint density at radius 3 is 2.30 bits per heavy atom. The van der Waals surface area contributed by atoms with Gasteiger partial charge in [0, 0.05) is 18.7 Å². The number of carbonyl (C=O) groups is 2. The Bertz CT molecular complexity index is 684. The lowest BCUT2D eigenvalue weighted by Crippen LogP contribution is -2.44. The van der Waals surface area contributed by atoms with Crippen molar-refractivity contribution in [3.8, 4) is 0 Å². The first kappa shape index (κ1) is 17.4. The number of anilines is 1. The predicted molar refractivity (Wildman–Crippen MR) is 84.4 cm³/mol. The molecule has 2 rings (SSSR count). The molecule has 0 aromatic heterocycles. The summed E-state index contributed by atoms with van der Waals surface area (Å²) in [6.45, 7) is 1.36. The van der Waals surface area contributed by atoms with Gasteiger partial charge in [0.15, 0.2) is 0 Å². The molecular weight excluding hydrogens is 320 g/mol. The lowest BCUT2D eigenvalue weighted by molar-refractivity contribution is -0.143. The van der Waals surface area contributed by atoms with E-state index in [-0.39, 0.29) is 10.8 Å². The zero-order valence-electron chi connectivity index (χ0n) is 12.8. The maximum Gasteiger partial charge on any atom is 0.308 e. The highest BCUT2D eigenvalue weighted by atomic mass is 32.2. The van der Waals surface area contributed by atoms with Crippen LogP contribution in [0.3, 0.4) is 0 Å². The second kappa shape index (κ2) is 7.10. The van der Waals surface area contributed by atoms with Crippen molar-refractivity contribution < 1.29 is 23.1 Å². The molecule has 0 bridgehead atoms. The minimum absolute atomic E-state index is 0.0429. The summed E-state index contributed by atoms with van der Waals surface area (Å²) in [6.07, 6.45) is 2.59. The van der Waals surface area contributed by atoms with Gasteiger partial charge in [-0.05, 0) is 37.1 Å². The van der Waals surface area contributed by atoms with E-state index < -0.39 is 28.0 Å². The summed E-state index contributed by atoms with van der Waals surface area (Å²) in [5, 5.41) is 11.8. The van der Waals surface area contributed by atoms with Crippen molar-refractivity contribution in [2.75, 3.05) is 5.32 Å². The van der Waals surface area contributed by atoms with Crippen LogP contribution in [0.2, 0.25) is 0 Å². The molecule has 1 aromatic carbocycles. The highest BCUT2D eigenvalue weighted by Crippen LogP contribution is 2.26. The predicted octanol–water partition coefficient (Wildman–Crippen LogP) is 1.57. The Labute approximate surface area is 135 Å². The van der Waals surface area contributed by atoms with Crippen LogP contribution in [0.5, 0.6) is 0 Å². The fourth-order valence-electron chi connectivity index (χ4n) is 2.76. The van der Waals surface area contributed by atoms with E-state index >= 15 is 0 Å². The van der Waals surface area contributed by atoms with Gasteiger partial charge in [0.1, 0.15) is 0 Å². The van der Waals surface area contributed by atoms with Gasteiger partial charge >= 0.3 is 5.97 Å². The topological polar surface area (TPSA) is 113 Å². The third-order valence-electron chi connectivity index (χ3n) is 3.87. The quantitative estimate of drug-likeness (QED) is 0.753. The van der Waals surface area contributed by atoms with E-state index in [1.54, 1.807) is 0 Å². The number of aliphatic carboxylic acids is 1. The van der Waals surface area contributed by atoms with Crippen LogP contribution in [-0.4, -0.2) is 31.4 Å². The minimum Gasteiger partial charge on any atom is -0.481 e. The average molecular weight is 340 g/mol. The van der Waals surface area contributed by atoms with E-state index in [9.17, 15) is 23.1 Å². The van der Waals surface area contributed by atoms with Gasteiger partial charge in [0.25, 0.3) is 0 Å². The summed E-state index contributed by atoms with van der Waals surface area (Å²) in [7, 11) is -3.80. The van der Waals surface area contributed by atoms with Gasteiger partial charge in [0.2, 0.25) is 15.9 Å². The van der Waals surface area contributed by atoms with Crippen molar-refractivity contribution in [2.45, 2.75) is 43.5 Å². The Morgan fingerprint density at radius 2 is 1.74 bits per heavy atom. The van der Waals surface area contributed by atoms with E-state index in [4.69, 9.17) is 0 Å². The fourth-order valence-corrected chi connectivity index (χ4v) is 4.07. The minimum atomic E-state index is -3.80. The third kappa shape index (κ3) is 4.52. The van der Waals surface area contributed by atoms with Crippen LogP contribution in [-0.2, 0) is 19.6 Å². The molecule has 7 nitrogen and oxygen atoms in total. The van der Waals surface area contributed by atoms with Gasteiger partial charge in [-0.15, -0.1) is 0 Å². The number of benzene rings is 1. The molecule has 1 saturated carbocycles. The molecular formula is C15H20N2O5S. The second-order valence-electron chi connectivity index (χ2n) is 5.66. The zero-order chi connectivity index (χ0) is 17.0. The van der Waals surface area contributed by atoms with Crippen LogP contribution in [0.15, 0.2) is 29.2 Å². The van der Waals surface area contributed by atoms with Crippen LogP contribution in [0.4, 0.5) is 5.69 Å². The first-order chi connectivity index (χ1) is 10.8. The van der Waals surface area contributed by atoms with Crippen molar-refractivity contribution in [3.63, 3.8) is 0 Å². The third-order valence-corrected chi connectivity index (χ3v) is 5.38. The van der Waals surface area contributed by atoms with Crippen LogP contribution in [0, 0.1) is 5.92 Å². The Kier molecular flexibility index (Phi) is 5.38. The Balaban J connectivity index is 2.14. The van der Waals surface area contributed by atoms with E-state index in [1.165, 1.54) is 31.2 Å². The van der Waals surface area contributed by atoms with Gasteiger partial charge in [-0.25, -0.2) is 13.1 Å². The number of sulfonamides is 1. The number of carboxylic acids is 1. The Morgan fingerprint density at radius 1 is 1.13 bits per heavy atom. The standard InChI is InChI=1S/C15H20N2O5S/c1-10(18)16-11-6-8-12(9-7-11)23(21,22)17-14-5-3-2-4-13(14)15(19)20/h6-9,13-14,17H,2-5H2,1H3,(H,16,18)(H,19,20)/t13-,14-/m0/s1. The first-order valence-corrected chi connectivity index (χ1v) is 8.91. The first-order valence-electron chi connectivity index (χ1n) is 7.42. The average Bonchev–Trinajstić information content (AvgIpc) is 2.47. The van der Waals surface area contributed by atoms with Gasteiger partial charge in [-0.3, -0.25) is 9.59 Å². The molecule has 2 atom stereocenters. The number of hydrogen-bond acceptors (Lipinski definition) is 4. The molecule has 1 fully saturated rings. The van der Waals surface area contributed by atoms with Crippen molar-refractivity contribution >= 4 is 27.6 Å². The van der Waals surface area contributed by atoms with E-state index in [1.807, 2.05) is 0 Å². The molecule has 23 heavy (non-hydrogen) atoms. The molecule has 0 unspecified atom stereocenters. The smallest absolute Gasteiger partial charge is 0.308 e. The largest absolute Gasteiger partial charge is 0.481 e. The zero-order valence-corrected chi connectivity index (χ0v) is 13.6. The van der Waals surface area contributed by atoms with E-state index in [0.29, 0.717) is 18.5 Å². The molecule has 0 saturated heterocycles. The SMILES string of the molecule is CC(=O)Nc1ccc(S(=O)(=O)N[C@H]2CCCC[C@@H]2C(=O)O)cc1. The molecule has 0 radical (unpaired) electrons. The summed E-state index contributed by atoms with van der Waals surface area (Å²) in [4.78, 5) is 22.3. The Hall–Kier alpha value is -1.93. The highest BCUT2D eigenvalue weighted by Gasteiger charge is 2.33. The lowest BCUT2D eigenvalue weighted by atomic mass is 9.85. The second-order valence-corrected chi connectivity index (χ2v) is 7.38. The molecule has 1 aromatic rings. The maximum atomic E-state index is 12.4. The van der Waals surface area contributed by atoms with Crippen LogP contribution >= 0.6 is 0 Å². The summed E-state index contributed by atoms with van der Waals surface area (Å²) >= 11 is 0. The number of carboxylic acid groups (broad SMARTS) is 1. The normalized spacial score (nSPS) is 21.6. The van der Waals surface area contributed by atoms with Gasteiger partial charge in [0.05, 0.1) is 10.8 Å². The molecule has 1 aliphatic carbocycles. The summed E-state index contributed by atoms with van der Waals surface area (Å²) in [5.41, 5.74) is 0.498. The molecule has 1 amide bonds.